The summed E-state index contributed by atoms with van der Waals surface area (Å²) in [6, 6.07) is 145. The summed E-state index contributed by atoms with van der Waals surface area (Å²) in [6.45, 7) is 4.34. The summed E-state index contributed by atoms with van der Waals surface area (Å²) < 4.78 is 4.95. The highest BCUT2D eigenvalue weighted by molar-refractivity contribution is 7.20. The van der Waals surface area contributed by atoms with Crippen molar-refractivity contribution in [3.8, 4) is 11.4 Å². The summed E-state index contributed by atoms with van der Waals surface area (Å²) in [7, 11) is -5.92. The van der Waals surface area contributed by atoms with Gasteiger partial charge in [-0.2, -0.15) is 0 Å². The normalized spacial score (nSPS) is 11.8. The molecule has 17 aromatic rings. The van der Waals surface area contributed by atoms with Gasteiger partial charge in [0.2, 0.25) is 0 Å². The fraction of sp³-hybridized carbons (Fsp3) is 0.0217. The zero-order valence-corrected chi connectivity index (χ0v) is 56.7. The van der Waals surface area contributed by atoms with E-state index in [-0.39, 0.29) is 0 Å². The number of aryl methyl sites for hydroxylation is 2. The van der Waals surface area contributed by atoms with Crippen LogP contribution in [0.2, 0.25) is 0 Å². The highest BCUT2D eigenvalue weighted by Gasteiger charge is 2.43. The van der Waals surface area contributed by atoms with Crippen molar-refractivity contribution < 1.29 is 0 Å². The van der Waals surface area contributed by atoms with Crippen molar-refractivity contribution in [2.75, 3.05) is 9.80 Å². The van der Waals surface area contributed by atoms with Crippen LogP contribution in [0.25, 0.3) is 55.0 Å². The van der Waals surface area contributed by atoms with Crippen LogP contribution in [-0.2, 0) is 0 Å². The predicted molar refractivity (Wildman–Crippen MR) is 421 cm³/mol. The van der Waals surface area contributed by atoms with E-state index in [9.17, 15) is 0 Å². The zero-order chi connectivity index (χ0) is 65.6. The van der Waals surface area contributed by atoms with Gasteiger partial charge in [0.1, 0.15) is 0 Å². The Kier molecular flexibility index (Phi) is 15.4. The van der Waals surface area contributed by atoms with Crippen molar-refractivity contribution in [2.24, 2.45) is 0 Å². The average Bonchev–Trinajstić information content (AvgIpc) is 1.68. The molecule has 0 amide bonds. The number of hydrogen-bond donors (Lipinski definition) is 0. The van der Waals surface area contributed by atoms with Gasteiger partial charge >= 0.3 is 0 Å². The lowest BCUT2D eigenvalue weighted by molar-refractivity contribution is 1.17. The molecule has 15 aromatic carbocycles. The highest BCUT2D eigenvalue weighted by Crippen LogP contribution is 2.44. The van der Waals surface area contributed by atoms with E-state index < -0.39 is 16.1 Å². The van der Waals surface area contributed by atoms with E-state index in [0.29, 0.717) is 0 Å². The topological polar surface area (TPSA) is 16.3 Å². The Bertz CT molecular complexity index is 5130. The van der Waals surface area contributed by atoms with Crippen LogP contribution in [-0.4, -0.2) is 25.3 Å². The molecule has 0 saturated heterocycles. The standard InChI is InChI=1S/C92H70N4Si2/c1-67-43-47-73(48-44-67)95-89-59-55-75(63-85(89)87-65-83(57-61-91(87)95)97(77-31-15-5-16-32-77,78-33-17-6-18-34-78)79-35-19-7-20-36-79)94(72-53-51-71(52-54-72)93(69-27-11-3-12-28-69)70-29-13-4-14-30-70)76-56-60-90-86(64-76)88-66-84(58-62-92(88)96(90)74-49-45-68(2)46-50-74)98(80-37-21-8-22-38-80,81-39-23-9-24-40-81)82-41-25-10-26-42-82/h3-66H,1-2H3. The van der Waals surface area contributed by atoms with Gasteiger partial charge in [-0.25, -0.2) is 0 Å². The molecule has 0 aliphatic rings. The maximum Gasteiger partial charge on any atom is 0.179 e. The first-order valence-corrected chi connectivity index (χ1v) is 37.9. The Morgan fingerprint density at radius 2 is 0.418 bits per heavy atom. The third-order valence-electron chi connectivity index (χ3n) is 20.1. The number of hydrogen-bond acceptors (Lipinski definition) is 2. The molecule has 6 heteroatoms. The first-order chi connectivity index (χ1) is 48.4. The molecule has 2 aromatic heterocycles. The summed E-state index contributed by atoms with van der Waals surface area (Å²) in [6.07, 6.45) is 0. The smallest absolute Gasteiger partial charge is 0.179 e. The first kappa shape index (κ1) is 59.7. The molecule has 0 unspecified atom stereocenters. The van der Waals surface area contributed by atoms with E-state index in [0.717, 1.165) is 67.6 Å². The van der Waals surface area contributed by atoms with Gasteiger partial charge < -0.3 is 18.9 Å². The minimum atomic E-state index is -2.96. The fourth-order valence-electron chi connectivity index (χ4n) is 15.6. The highest BCUT2D eigenvalue weighted by atomic mass is 28.3. The van der Waals surface area contributed by atoms with E-state index in [4.69, 9.17) is 0 Å². The van der Waals surface area contributed by atoms with Crippen LogP contribution >= 0.6 is 0 Å². The first-order valence-electron chi connectivity index (χ1n) is 33.9. The van der Waals surface area contributed by atoms with Crippen LogP contribution in [0, 0.1) is 13.8 Å². The molecule has 0 fully saturated rings. The van der Waals surface area contributed by atoms with Crippen LogP contribution in [0.15, 0.2) is 388 Å². The van der Waals surface area contributed by atoms with Crippen molar-refractivity contribution in [3.05, 3.63) is 399 Å². The van der Waals surface area contributed by atoms with E-state index >= 15 is 0 Å². The average molecular weight is 1290 g/mol. The summed E-state index contributed by atoms with van der Waals surface area (Å²) in [5.74, 6) is 0. The molecule has 0 aliphatic heterocycles. The van der Waals surface area contributed by atoms with Gasteiger partial charge in [0.05, 0.1) is 22.1 Å². The molecule has 0 aliphatic carbocycles. The maximum atomic E-state index is 2.56. The van der Waals surface area contributed by atoms with Crippen molar-refractivity contribution in [1.82, 2.24) is 9.13 Å². The van der Waals surface area contributed by atoms with Crippen molar-refractivity contribution in [2.45, 2.75) is 13.8 Å². The molecular formula is C92H70N4Si2. The quantitative estimate of drug-likeness (QED) is 0.0708. The summed E-state index contributed by atoms with van der Waals surface area (Å²) in [5.41, 5.74) is 15.6. The van der Waals surface area contributed by atoms with Crippen molar-refractivity contribution >= 4 is 135 Å². The molecule has 4 nitrogen and oxygen atoms in total. The summed E-state index contributed by atoms with van der Waals surface area (Å²) >= 11 is 0. The Hall–Kier alpha value is -12.1. The van der Waals surface area contributed by atoms with Gasteiger partial charge in [-0.15, -0.1) is 0 Å². The molecule has 2 heterocycles. The molecule has 0 bridgehead atoms. The van der Waals surface area contributed by atoms with Gasteiger partial charge in [-0.1, -0.05) is 278 Å². The van der Waals surface area contributed by atoms with Crippen LogP contribution in [0.3, 0.4) is 0 Å². The number of aromatic nitrogens is 2. The van der Waals surface area contributed by atoms with Crippen LogP contribution in [0.1, 0.15) is 11.1 Å². The maximum absolute atomic E-state index is 2.96. The Morgan fingerprint density at radius 1 is 0.194 bits per heavy atom. The predicted octanol–water partition coefficient (Wildman–Crippen LogP) is 18.2. The number of para-hydroxylation sites is 2. The Balaban J connectivity index is 0.938. The monoisotopic (exact) mass is 1290 g/mol. The van der Waals surface area contributed by atoms with Crippen LogP contribution < -0.4 is 51.3 Å². The van der Waals surface area contributed by atoms with E-state index in [1.807, 2.05) is 0 Å². The van der Waals surface area contributed by atoms with Crippen LogP contribution in [0.5, 0.6) is 0 Å². The third-order valence-corrected chi connectivity index (χ3v) is 29.7. The second-order valence-electron chi connectivity index (χ2n) is 25.8. The third kappa shape index (κ3) is 10.2. The molecule has 0 spiro atoms. The van der Waals surface area contributed by atoms with Crippen molar-refractivity contribution in [1.29, 1.82) is 0 Å². The van der Waals surface area contributed by atoms with Crippen molar-refractivity contribution in [3.63, 3.8) is 0 Å². The van der Waals surface area contributed by atoms with E-state index in [1.165, 1.54) is 74.2 Å². The second-order valence-corrected chi connectivity index (χ2v) is 33.4. The van der Waals surface area contributed by atoms with Gasteiger partial charge in [-0.05, 0) is 177 Å². The Morgan fingerprint density at radius 3 is 0.704 bits per heavy atom. The van der Waals surface area contributed by atoms with Gasteiger partial charge in [0, 0.05) is 67.0 Å². The van der Waals surface area contributed by atoms with Gasteiger partial charge in [0.25, 0.3) is 0 Å². The number of anilines is 6. The minimum Gasteiger partial charge on any atom is -0.311 e. The molecule has 466 valence electrons. The second kappa shape index (κ2) is 25.3. The number of rotatable bonds is 16. The van der Waals surface area contributed by atoms with Gasteiger partial charge in [-0.3, -0.25) is 0 Å². The Labute approximate surface area is 575 Å². The SMILES string of the molecule is Cc1ccc(-n2c3ccc(N(c4ccc(N(c5ccccc5)c5ccccc5)cc4)c4ccc5c(c4)c4cc([Si](c6ccccc6)(c6ccccc6)c6ccccc6)ccc4n5-c4ccc(C)cc4)cc3c3cc([Si](c4ccccc4)(c4ccccc4)c4ccccc4)ccc32)cc1. The number of benzene rings is 15. The molecule has 0 atom stereocenters. The molecule has 0 radical (unpaired) electrons. The van der Waals surface area contributed by atoms with Crippen LogP contribution in [0.4, 0.5) is 34.1 Å². The minimum absolute atomic E-state index is 1.03. The fourth-order valence-corrected chi connectivity index (χ4v) is 25.2. The largest absolute Gasteiger partial charge is 0.311 e. The molecular weight excluding hydrogens is 1220 g/mol. The van der Waals surface area contributed by atoms with Gasteiger partial charge in [0.15, 0.2) is 16.1 Å². The van der Waals surface area contributed by atoms with E-state index in [1.54, 1.807) is 0 Å². The lowest BCUT2D eigenvalue weighted by Crippen LogP contribution is -2.74. The number of nitrogens with zero attached hydrogens (tertiary/aromatic N) is 4. The lowest BCUT2D eigenvalue weighted by atomic mass is 10.1. The molecule has 0 N–H and O–H groups in total. The molecule has 0 saturated carbocycles. The number of fused-ring (bicyclic) bond motifs is 6. The lowest BCUT2D eigenvalue weighted by Gasteiger charge is -2.34. The molecule has 17 rings (SSSR count). The summed E-state index contributed by atoms with van der Waals surface area (Å²) in [4.78, 5) is 4.83. The summed E-state index contributed by atoms with van der Waals surface area (Å²) in [5, 5.41) is 15.4. The van der Waals surface area contributed by atoms with E-state index in [2.05, 4.69) is 421 Å². The zero-order valence-electron chi connectivity index (χ0n) is 54.7. The molecule has 98 heavy (non-hydrogen) atoms.